The highest BCUT2D eigenvalue weighted by Gasteiger charge is 2.56. The van der Waals surface area contributed by atoms with Crippen LogP contribution in [-0.4, -0.2) is 47.0 Å². The third-order valence-electron chi connectivity index (χ3n) is 5.84. The number of imide groups is 1. The minimum absolute atomic E-state index is 0.000692. The molecule has 0 aromatic carbocycles. The Kier molecular flexibility index (Phi) is 4.20. The van der Waals surface area contributed by atoms with Gasteiger partial charge in [-0.1, -0.05) is 27.7 Å². The molecule has 0 radical (unpaired) electrons. The molecule has 5 nitrogen and oxygen atoms in total. The average molecular weight is 321 g/mol. The number of likely N-dealkylation sites (tertiary alicyclic amines) is 1. The number of nitrogens with one attached hydrogen (secondary N) is 1. The summed E-state index contributed by atoms with van der Waals surface area (Å²) in [5.41, 5.74) is -0.571. The molecule has 0 bridgehead atoms. The van der Waals surface area contributed by atoms with Crippen molar-refractivity contribution in [2.24, 2.45) is 17.3 Å². The highest BCUT2D eigenvalue weighted by Crippen LogP contribution is 2.46. The van der Waals surface area contributed by atoms with Crippen LogP contribution < -0.4 is 5.32 Å². The zero-order chi connectivity index (χ0) is 16.8. The van der Waals surface area contributed by atoms with Crippen molar-refractivity contribution in [1.82, 2.24) is 15.1 Å². The molecule has 2 atom stereocenters. The molecule has 0 aromatic heterocycles. The molecular formula is C18H31N3O2. The van der Waals surface area contributed by atoms with E-state index in [4.69, 9.17) is 0 Å². The van der Waals surface area contributed by atoms with Crippen LogP contribution in [0.25, 0.3) is 0 Å². The van der Waals surface area contributed by atoms with Gasteiger partial charge < -0.3 is 5.32 Å². The van der Waals surface area contributed by atoms with Crippen molar-refractivity contribution in [2.75, 3.05) is 19.8 Å². The van der Waals surface area contributed by atoms with Gasteiger partial charge in [-0.2, -0.15) is 0 Å². The third-order valence-corrected chi connectivity index (χ3v) is 5.84. The summed E-state index contributed by atoms with van der Waals surface area (Å²) in [4.78, 5) is 29.3. The van der Waals surface area contributed by atoms with Gasteiger partial charge in [0.1, 0.15) is 5.54 Å². The second-order valence-electron chi connectivity index (χ2n) is 9.04. The topological polar surface area (TPSA) is 52.6 Å². The second-order valence-corrected chi connectivity index (χ2v) is 9.04. The van der Waals surface area contributed by atoms with Crippen molar-refractivity contribution in [1.29, 1.82) is 0 Å². The van der Waals surface area contributed by atoms with E-state index in [1.165, 1.54) is 4.90 Å². The number of hydrogen-bond acceptors (Lipinski definition) is 3. The molecule has 3 rings (SSSR count). The lowest BCUT2D eigenvalue weighted by molar-refractivity contribution is -0.136. The first-order valence-corrected chi connectivity index (χ1v) is 9.07. The Labute approximate surface area is 139 Å². The Morgan fingerprint density at radius 2 is 1.74 bits per heavy atom. The first kappa shape index (κ1) is 16.7. The van der Waals surface area contributed by atoms with Gasteiger partial charge in [0.25, 0.3) is 5.91 Å². The summed E-state index contributed by atoms with van der Waals surface area (Å²) in [5, 5.41) is 3.06. The number of piperidine rings is 1. The number of amides is 3. The van der Waals surface area contributed by atoms with Crippen molar-refractivity contribution in [3.05, 3.63) is 0 Å². The van der Waals surface area contributed by atoms with Crippen molar-refractivity contribution in [3.63, 3.8) is 0 Å². The molecule has 3 amide bonds. The van der Waals surface area contributed by atoms with Gasteiger partial charge in [0.15, 0.2) is 0 Å². The van der Waals surface area contributed by atoms with Crippen LogP contribution in [-0.2, 0) is 4.79 Å². The van der Waals surface area contributed by atoms with Crippen LogP contribution in [0, 0.1) is 17.3 Å². The summed E-state index contributed by atoms with van der Waals surface area (Å²) in [6.07, 6.45) is 4.94. The SMILES string of the molecule is CC1CCN(CN2C(=O)N[C@@]3(C[C@@H](C)CC(C)(C)C3)C2=O)CC1. The molecule has 1 spiro atoms. The molecule has 3 aliphatic rings. The van der Waals surface area contributed by atoms with Crippen LogP contribution in [0.15, 0.2) is 0 Å². The summed E-state index contributed by atoms with van der Waals surface area (Å²) >= 11 is 0. The summed E-state index contributed by atoms with van der Waals surface area (Å²) in [7, 11) is 0. The van der Waals surface area contributed by atoms with Crippen molar-refractivity contribution < 1.29 is 9.59 Å². The standard InChI is InChI=1S/C18H31N3O2/c1-13-5-7-20(8-6-13)12-21-15(22)18(19-16(21)23)10-14(2)9-17(3,4)11-18/h13-14H,5-12H2,1-4H3,(H,19,23)/t14-,18+/m0/s1. The first-order chi connectivity index (χ1) is 10.7. The van der Waals surface area contributed by atoms with Gasteiger partial charge in [-0.15, -0.1) is 0 Å². The van der Waals surface area contributed by atoms with E-state index in [2.05, 4.69) is 37.9 Å². The van der Waals surface area contributed by atoms with E-state index in [0.717, 1.165) is 51.1 Å². The molecule has 3 fully saturated rings. The predicted octanol–water partition coefficient (Wildman–Crippen LogP) is 2.81. The fourth-order valence-corrected chi connectivity index (χ4v) is 5.04. The summed E-state index contributed by atoms with van der Waals surface area (Å²) in [6.45, 7) is 11.3. The van der Waals surface area contributed by atoms with E-state index in [1.807, 2.05) is 0 Å². The molecule has 1 N–H and O–H groups in total. The van der Waals surface area contributed by atoms with Gasteiger partial charge in [-0.3, -0.25) is 9.69 Å². The van der Waals surface area contributed by atoms with Gasteiger partial charge in [0, 0.05) is 13.1 Å². The van der Waals surface area contributed by atoms with E-state index < -0.39 is 5.54 Å². The predicted molar refractivity (Wildman–Crippen MR) is 89.7 cm³/mol. The zero-order valence-corrected chi connectivity index (χ0v) is 15.0. The van der Waals surface area contributed by atoms with Crippen LogP contribution in [0.3, 0.4) is 0 Å². The Morgan fingerprint density at radius 1 is 1.09 bits per heavy atom. The Balaban J connectivity index is 1.72. The maximum atomic E-state index is 13.1. The number of carbonyl (C=O) groups excluding carboxylic acids is 2. The minimum atomic E-state index is -0.665. The molecule has 0 aromatic rings. The smallest absolute Gasteiger partial charge is 0.323 e. The Morgan fingerprint density at radius 3 is 2.35 bits per heavy atom. The first-order valence-electron chi connectivity index (χ1n) is 9.07. The monoisotopic (exact) mass is 321 g/mol. The number of carbonyl (C=O) groups is 2. The van der Waals surface area contributed by atoms with Gasteiger partial charge >= 0.3 is 6.03 Å². The normalized spacial score (nSPS) is 35.8. The highest BCUT2D eigenvalue weighted by molar-refractivity contribution is 6.07. The lowest BCUT2D eigenvalue weighted by Crippen LogP contribution is -2.54. The molecule has 2 saturated heterocycles. The molecule has 130 valence electrons. The molecule has 23 heavy (non-hydrogen) atoms. The maximum absolute atomic E-state index is 13.1. The summed E-state index contributed by atoms with van der Waals surface area (Å²) < 4.78 is 0. The number of urea groups is 1. The molecule has 5 heteroatoms. The third kappa shape index (κ3) is 3.25. The van der Waals surface area contributed by atoms with E-state index in [0.29, 0.717) is 12.6 Å². The van der Waals surface area contributed by atoms with Gasteiger partial charge in [-0.25, -0.2) is 9.69 Å². The Hall–Kier alpha value is -1.10. The molecular weight excluding hydrogens is 290 g/mol. The van der Waals surface area contributed by atoms with E-state index in [9.17, 15) is 9.59 Å². The summed E-state index contributed by atoms with van der Waals surface area (Å²) in [6, 6.07) is -0.196. The molecule has 1 aliphatic carbocycles. The lowest BCUT2D eigenvalue weighted by atomic mass is 9.64. The molecule has 2 heterocycles. The van der Waals surface area contributed by atoms with E-state index in [-0.39, 0.29) is 17.4 Å². The minimum Gasteiger partial charge on any atom is -0.323 e. The fourth-order valence-electron chi connectivity index (χ4n) is 5.04. The van der Waals surface area contributed by atoms with E-state index in [1.54, 1.807) is 0 Å². The number of rotatable bonds is 2. The largest absolute Gasteiger partial charge is 0.326 e. The molecule has 1 saturated carbocycles. The van der Waals surface area contributed by atoms with Crippen LogP contribution in [0.2, 0.25) is 0 Å². The van der Waals surface area contributed by atoms with Crippen molar-refractivity contribution >= 4 is 11.9 Å². The van der Waals surface area contributed by atoms with Crippen molar-refractivity contribution in [3.8, 4) is 0 Å². The Bertz CT molecular complexity index is 496. The van der Waals surface area contributed by atoms with Crippen molar-refractivity contribution in [2.45, 2.75) is 65.3 Å². The van der Waals surface area contributed by atoms with Crippen LogP contribution in [0.5, 0.6) is 0 Å². The van der Waals surface area contributed by atoms with Gasteiger partial charge in [0.05, 0.1) is 6.67 Å². The maximum Gasteiger partial charge on any atom is 0.326 e. The second kappa shape index (κ2) is 5.76. The number of nitrogens with zero attached hydrogens (tertiary/aromatic N) is 2. The zero-order valence-electron chi connectivity index (χ0n) is 15.0. The van der Waals surface area contributed by atoms with Crippen LogP contribution in [0.1, 0.15) is 59.8 Å². The van der Waals surface area contributed by atoms with Gasteiger partial charge in [-0.05, 0) is 49.4 Å². The van der Waals surface area contributed by atoms with E-state index >= 15 is 0 Å². The highest BCUT2D eigenvalue weighted by atomic mass is 16.2. The van der Waals surface area contributed by atoms with Crippen LogP contribution >= 0.6 is 0 Å². The fraction of sp³-hybridized carbons (Fsp3) is 0.889. The molecule has 2 aliphatic heterocycles. The lowest BCUT2D eigenvalue weighted by Gasteiger charge is -2.44. The van der Waals surface area contributed by atoms with Gasteiger partial charge in [0.2, 0.25) is 0 Å². The number of hydrogen-bond donors (Lipinski definition) is 1. The quantitative estimate of drug-likeness (QED) is 0.796. The molecule has 0 unspecified atom stereocenters. The summed E-state index contributed by atoms with van der Waals surface area (Å²) in [5.74, 6) is 1.21. The average Bonchev–Trinajstić information content (AvgIpc) is 2.62. The van der Waals surface area contributed by atoms with Crippen LogP contribution in [0.4, 0.5) is 4.79 Å².